The van der Waals surface area contributed by atoms with Crippen molar-refractivity contribution in [2.24, 2.45) is 0 Å². The van der Waals surface area contributed by atoms with Crippen LogP contribution in [0.4, 0.5) is 0 Å². The summed E-state index contributed by atoms with van der Waals surface area (Å²) in [7, 11) is -3.38. The summed E-state index contributed by atoms with van der Waals surface area (Å²) in [6.07, 6.45) is 5.49. The highest BCUT2D eigenvalue weighted by atomic mass is 32.2. The number of unbranched alkanes of at least 4 members (excludes halogenated alkanes) is 2. The molecule has 1 saturated carbocycles. The van der Waals surface area contributed by atoms with Crippen molar-refractivity contribution >= 4 is 10.0 Å². The fraction of sp³-hybridized carbons (Fsp3) is 0.625. The van der Waals surface area contributed by atoms with E-state index in [9.17, 15) is 8.42 Å². The number of nitrogens with one attached hydrogen (secondary N) is 2. The molecule has 0 amide bonds. The molecule has 4 nitrogen and oxygen atoms in total. The molecule has 0 aliphatic heterocycles. The molecule has 0 atom stereocenters. The van der Waals surface area contributed by atoms with Gasteiger partial charge in [0.2, 0.25) is 10.0 Å². The predicted octanol–water partition coefficient (Wildman–Crippen LogP) is 2.72. The van der Waals surface area contributed by atoms with E-state index in [1.54, 1.807) is 12.1 Å². The molecule has 21 heavy (non-hydrogen) atoms. The van der Waals surface area contributed by atoms with Gasteiger partial charge in [0.1, 0.15) is 0 Å². The van der Waals surface area contributed by atoms with E-state index in [0.29, 0.717) is 17.5 Å². The minimum atomic E-state index is -3.38. The molecule has 118 valence electrons. The molecule has 2 N–H and O–H groups in total. The van der Waals surface area contributed by atoms with Crippen LogP contribution in [0, 0.1) is 6.92 Å². The molecule has 0 unspecified atom stereocenters. The first-order valence-electron chi connectivity index (χ1n) is 7.85. The van der Waals surface area contributed by atoms with Crippen LogP contribution in [0.15, 0.2) is 23.1 Å². The quantitative estimate of drug-likeness (QED) is 0.690. The lowest BCUT2D eigenvalue weighted by Crippen LogP contribution is -2.25. The number of aryl methyl sites for hydroxylation is 1. The van der Waals surface area contributed by atoms with Gasteiger partial charge in [0.15, 0.2) is 0 Å². The third-order valence-electron chi connectivity index (χ3n) is 3.86. The molecule has 0 bridgehead atoms. The molecule has 1 aromatic carbocycles. The minimum Gasteiger partial charge on any atom is -0.310 e. The van der Waals surface area contributed by atoms with E-state index in [-0.39, 0.29) is 0 Å². The average molecular weight is 310 g/mol. The van der Waals surface area contributed by atoms with Crippen molar-refractivity contribution in [3.05, 3.63) is 29.3 Å². The second-order valence-corrected chi connectivity index (χ2v) is 7.62. The molecule has 0 spiro atoms. The minimum absolute atomic E-state index is 0.372. The third-order valence-corrected chi connectivity index (χ3v) is 5.32. The summed E-state index contributed by atoms with van der Waals surface area (Å²) in [5.74, 6) is 0. The molecule has 1 fully saturated rings. The van der Waals surface area contributed by atoms with Crippen molar-refractivity contribution in [1.29, 1.82) is 0 Å². The summed E-state index contributed by atoms with van der Waals surface area (Å²) < 4.78 is 27.2. The Hall–Kier alpha value is -0.910. The van der Waals surface area contributed by atoms with Gasteiger partial charge in [-0.05, 0) is 49.4 Å². The second-order valence-electron chi connectivity index (χ2n) is 5.85. The van der Waals surface area contributed by atoms with E-state index < -0.39 is 10.0 Å². The normalized spacial score (nSPS) is 15.3. The second kappa shape index (κ2) is 7.38. The zero-order valence-corrected chi connectivity index (χ0v) is 13.8. The van der Waals surface area contributed by atoms with E-state index in [1.165, 1.54) is 12.8 Å². The van der Waals surface area contributed by atoms with Crippen LogP contribution in [0.5, 0.6) is 0 Å². The first-order valence-corrected chi connectivity index (χ1v) is 9.34. The summed E-state index contributed by atoms with van der Waals surface area (Å²) in [6.45, 7) is 5.39. The zero-order valence-electron chi connectivity index (χ0n) is 13.0. The first kappa shape index (κ1) is 16.5. The van der Waals surface area contributed by atoms with Crippen LogP contribution in [0.2, 0.25) is 0 Å². The SMILES string of the molecule is CCCCCNS(=O)(=O)c1ccc(C)c(CNC2CC2)c1. The lowest BCUT2D eigenvalue weighted by molar-refractivity contribution is 0.575. The van der Waals surface area contributed by atoms with Crippen LogP contribution in [0.1, 0.15) is 50.2 Å². The number of hydrogen-bond acceptors (Lipinski definition) is 3. The highest BCUT2D eigenvalue weighted by molar-refractivity contribution is 7.89. The van der Waals surface area contributed by atoms with E-state index >= 15 is 0 Å². The van der Waals surface area contributed by atoms with E-state index in [0.717, 1.165) is 36.9 Å². The number of rotatable bonds is 9. The average Bonchev–Trinajstić information content (AvgIpc) is 3.27. The Labute approximate surface area is 128 Å². The molecular weight excluding hydrogens is 284 g/mol. The molecule has 1 aliphatic rings. The van der Waals surface area contributed by atoms with Crippen LogP contribution < -0.4 is 10.0 Å². The van der Waals surface area contributed by atoms with Gasteiger partial charge >= 0.3 is 0 Å². The van der Waals surface area contributed by atoms with Crippen molar-refractivity contribution in [1.82, 2.24) is 10.0 Å². The van der Waals surface area contributed by atoms with Gasteiger partial charge in [-0.2, -0.15) is 0 Å². The monoisotopic (exact) mass is 310 g/mol. The molecule has 1 aliphatic carbocycles. The van der Waals surface area contributed by atoms with Gasteiger partial charge < -0.3 is 5.32 Å². The van der Waals surface area contributed by atoms with E-state index in [1.807, 2.05) is 13.0 Å². The maximum absolute atomic E-state index is 12.3. The number of benzene rings is 1. The molecule has 1 aromatic rings. The summed E-state index contributed by atoms with van der Waals surface area (Å²) in [6, 6.07) is 6.01. The maximum atomic E-state index is 12.3. The maximum Gasteiger partial charge on any atom is 0.240 e. The summed E-state index contributed by atoms with van der Waals surface area (Å²) in [5.41, 5.74) is 2.20. The highest BCUT2D eigenvalue weighted by Crippen LogP contribution is 2.21. The molecule has 0 saturated heterocycles. The van der Waals surface area contributed by atoms with Crippen molar-refractivity contribution in [3.63, 3.8) is 0 Å². The Kier molecular flexibility index (Phi) is 5.79. The fourth-order valence-corrected chi connectivity index (χ4v) is 3.34. The summed E-state index contributed by atoms with van der Waals surface area (Å²) in [5, 5.41) is 3.44. The van der Waals surface area contributed by atoms with E-state index in [2.05, 4.69) is 17.0 Å². The molecule has 5 heteroatoms. The van der Waals surface area contributed by atoms with Crippen LogP contribution in [-0.2, 0) is 16.6 Å². The smallest absolute Gasteiger partial charge is 0.240 e. The van der Waals surface area contributed by atoms with Crippen molar-refractivity contribution < 1.29 is 8.42 Å². The van der Waals surface area contributed by atoms with Crippen LogP contribution in [0.25, 0.3) is 0 Å². The lowest BCUT2D eigenvalue weighted by atomic mass is 10.1. The fourth-order valence-electron chi connectivity index (χ4n) is 2.21. The summed E-state index contributed by atoms with van der Waals surface area (Å²) in [4.78, 5) is 0.372. The van der Waals surface area contributed by atoms with Crippen molar-refractivity contribution in [2.45, 2.75) is 63.4 Å². The topological polar surface area (TPSA) is 58.2 Å². The van der Waals surface area contributed by atoms with E-state index in [4.69, 9.17) is 0 Å². The highest BCUT2D eigenvalue weighted by Gasteiger charge is 2.21. The van der Waals surface area contributed by atoms with Crippen molar-refractivity contribution in [3.8, 4) is 0 Å². The zero-order chi connectivity index (χ0) is 15.3. The predicted molar refractivity (Wildman–Crippen MR) is 85.8 cm³/mol. The Bertz CT molecular complexity index is 566. The third kappa shape index (κ3) is 5.09. The van der Waals surface area contributed by atoms with Gasteiger partial charge in [-0.15, -0.1) is 0 Å². The van der Waals surface area contributed by atoms with Gasteiger partial charge in [0.05, 0.1) is 4.90 Å². The van der Waals surface area contributed by atoms with Gasteiger partial charge in [0, 0.05) is 19.1 Å². The molecule has 0 heterocycles. The molecular formula is C16H26N2O2S. The Morgan fingerprint density at radius 3 is 2.67 bits per heavy atom. The first-order chi connectivity index (χ1) is 10.0. The Morgan fingerprint density at radius 2 is 2.00 bits per heavy atom. The van der Waals surface area contributed by atoms with Gasteiger partial charge in [0.25, 0.3) is 0 Å². The molecule has 2 rings (SSSR count). The van der Waals surface area contributed by atoms with Gasteiger partial charge in [-0.1, -0.05) is 25.8 Å². The van der Waals surface area contributed by atoms with Crippen LogP contribution in [0.3, 0.4) is 0 Å². The molecule has 0 radical (unpaired) electrons. The standard InChI is InChI=1S/C16H26N2O2S/c1-3-4-5-10-18-21(19,20)16-9-6-13(2)14(11-16)12-17-15-7-8-15/h6,9,11,15,17-18H,3-5,7-8,10,12H2,1-2H3. The number of hydrogen-bond donors (Lipinski definition) is 2. The molecule has 0 aromatic heterocycles. The van der Waals surface area contributed by atoms with Gasteiger partial charge in [-0.3, -0.25) is 0 Å². The Balaban J connectivity index is 2.01. The van der Waals surface area contributed by atoms with Gasteiger partial charge in [-0.25, -0.2) is 13.1 Å². The van der Waals surface area contributed by atoms with Crippen molar-refractivity contribution in [2.75, 3.05) is 6.54 Å². The number of sulfonamides is 1. The largest absolute Gasteiger partial charge is 0.310 e. The Morgan fingerprint density at radius 1 is 1.24 bits per heavy atom. The van der Waals surface area contributed by atoms with Crippen LogP contribution >= 0.6 is 0 Å². The van der Waals surface area contributed by atoms with Crippen LogP contribution in [-0.4, -0.2) is 21.0 Å². The summed E-state index contributed by atoms with van der Waals surface area (Å²) >= 11 is 0. The lowest BCUT2D eigenvalue weighted by Gasteiger charge is -2.11.